The maximum Gasteiger partial charge on any atom is 0.160 e. The summed E-state index contributed by atoms with van der Waals surface area (Å²) in [5.41, 5.74) is 1.96. The summed E-state index contributed by atoms with van der Waals surface area (Å²) in [5.74, 6) is 1.61. The van der Waals surface area contributed by atoms with Gasteiger partial charge in [-0.1, -0.05) is 13.8 Å². The Kier molecular flexibility index (Phi) is 3.11. The molecule has 98 valence electrons. The molecule has 0 aliphatic heterocycles. The monoisotopic (exact) mass is 271 g/mol. The van der Waals surface area contributed by atoms with E-state index in [4.69, 9.17) is 4.98 Å². The Bertz CT molecular complexity index is 709. The van der Waals surface area contributed by atoms with Gasteiger partial charge in [-0.05, 0) is 37.1 Å². The summed E-state index contributed by atoms with van der Waals surface area (Å²) in [7, 11) is 0. The molecule has 3 nitrogen and oxygen atoms in total. The fourth-order valence-corrected chi connectivity index (χ4v) is 3.11. The molecule has 0 saturated carbocycles. The maximum absolute atomic E-state index is 4.76. The fraction of sp³-hybridized carbons (Fsp3) is 0.333. The van der Waals surface area contributed by atoms with Gasteiger partial charge >= 0.3 is 0 Å². The Balaban J connectivity index is 2.22. The van der Waals surface area contributed by atoms with Crippen LogP contribution >= 0.6 is 11.3 Å². The standard InChI is InChI=1S/C15H17N3S/c1-10(2)9-18-14-12(5-4-8-16-14)17-15(18)13-7-6-11(3)19-13/h4-8,10H,9H2,1-3H3. The van der Waals surface area contributed by atoms with Gasteiger partial charge in [0, 0.05) is 17.6 Å². The van der Waals surface area contributed by atoms with E-state index in [0.717, 1.165) is 23.5 Å². The van der Waals surface area contributed by atoms with Crippen molar-refractivity contribution in [1.29, 1.82) is 0 Å². The van der Waals surface area contributed by atoms with Gasteiger partial charge in [0.05, 0.1) is 4.88 Å². The summed E-state index contributed by atoms with van der Waals surface area (Å²) in [5, 5.41) is 0. The molecule has 3 rings (SSSR count). The fourth-order valence-electron chi connectivity index (χ4n) is 2.24. The zero-order valence-electron chi connectivity index (χ0n) is 11.4. The Morgan fingerprint density at radius 3 is 2.79 bits per heavy atom. The lowest BCUT2D eigenvalue weighted by molar-refractivity contribution is 0.534. The number of rotatable bonds is 3. The molecule has 3 aromatic heterocycles. The molecule has 0 radical (unpaired) electrons. The van der Waals surface area contributed by atoms with Gasteiger partial charge in [-0.25, -0.2) is 9.97 Å². The van der Waals surface area contributed by atoms with E-state index in [1.165, 1.54) is 9.75 Å². The summed E-state index contributed by atoms with van der Waals surface area (Å²) in [6.07, 6.45) is 1.84. The van der Waals surface area contributed by atoms with E-state index in [9.17, 15) is 0 Å². The minimum Gasteiger partial charge on any atom is -0.308 e. The Labute approximate surface area is 116 Å². The third-order valence-corrected chi connectivity index (χ3v) is 4.01. The molecular formula is C15H17N3S. The van der Waals surface area contributed by atoms with Gasteiger partial charge in [-0.2, -0.15) is 0 Å². The first-order valence-corrected chi connectivity index (χ1v) is 7.35. The first kappa shape index (κ1) is 12.4. The highest BCUT2D eigenvalue weighted by Crippen LogP contribution is 2.30. The lowest BCUT2D eigenvalue weighted by Crippen LogP contribution is -2.06. The number of nitrogens with zero attached hydrogens (tertiary/aromatic N) is 3. The molecule has 0 N–H and O–H groups in total. The molecule has 0 saturated heterocycles. The van der Waals surface area contributed by atoms with Crippen LogP contribution in [0, 0.1) is 12.8 Å². The van der Waals surface area contributed by atoms with E-state index in [0.29, 0.717) is 5.92 Å². The molecule has 4 heteroatoms. The molecule has 3 heterocycles. The second-order valence-electron chi connectivity index (χ2n) is 5.20. The number of hydrogen-bond donors (Lipinski definition) is 0. The Morgan fingerprint density at radius 2 is 2.11 bits per heavy atom. The zero-order valence-corrected chi connectivity index (χ0v) is 12.2. The van der Waals surface area contributed by atoms with E-state index in [1.807, 2.05) is 18.3 Å². The molecule has 0 aliphatic rings. The van der Waals surface area contributed by atoms with Crippen molar-refractivity contribution < 1.29 is 0 Å². The van der Waals surface area contributed by atoms with E-state index in [1.54, 1.807) is 11.3 Å². The highest BCUT2D eigenvalue weighted by atomic mass is 32.1. The van der Waals surface area contributed by atoms with Crippen molar-refractivity contribution in [2.24, 2.45) is 5.92 Å². The van der Waals surface area contributed by atoms with E-state index < -0.39 is 0 Å². The number of fused-ring (bicyclic) bond motifs is 1. The van der Waals surface area contributed by atoms with Crippen LogP contribution in [-0.4, -0.2) is 14.5 Å². The van der Waals surface area contributed by atoms with Crippen LogP contribution in [0.1, 0.15) is 18.7 Å². The molecule has 0 amide bonds. The van der Waals surface area contributed by atoms with Crippen LogP contribution in [-0.2, 0) is 6.54 Å². The third-order valence-electron chi connectivity index (χ3n) is 3.01. The molecule has 0 bridgehead atoms. The second-order valence-corrected chi connectivity index (χ2v) is 6.48. The van der Waals surface area contributed by atoms with Gasteiger partial charge < -0.3 is 4.57 Å². The average molecular weight is 271 g/mol. The molecule has 0 atom stereocenters. The maximum atomic E-state index is 4.76. The van der Waals surface area contributed by atoms with Gasteiger partial charge in [0.1, 0.15) is 5.52 Å². The average Bonchev–Trinajstić information content (AvgIpc) is 2.94. The van der Waals surface area contributed by atoms with Crippen LogP contribution in [0.15, 0.2) is 30.5 Å². The number of aryl methyl sites for hydroxylation is 1. The molecule has 0 fully saturated rings. The molecule has 0 spiro atoms. The molecule has 0 unspecified atom stereocenters. The summed E-state index contributed by atoms with van der Waals surface area (Å²) in [4.78, 5) is 11.8. The van der Waals surface area contributed by atoms with Crippen molar-refractivity contribution in [3.63, 3.8) is 0 Å². The largest absolute Gasteiger partial charge is 0.308 e. The van der Waals surface area contributed by atoms with Crippen molar-refractivity contribution in [3.8, 4) is 10.7 Å². The second kappa shape index (κ2) is 4.78. The van der Waals surface area contributed by atoms with Crippen LogP contribution in [0.5, 0.6) is 0 Å². The van der Waals surface area contributed by atoms with Crippen molar-refractivity contribution >= 4 is 22.5 Å². The van der Waals surface area contributed by atoms with Crippen molar-refractivity contribution in [2.75, 3.05) is 0 Å². The minimum atomic E-state index is 0.569. The van der Waals surface area contributed by atoms with E-state index >= 15 is 0 Å². The number of aromatic nitrogens is 3. The summed E-state index contributed by atoms with van der Waals surface area (Å²) < 4.78 is 2.24. The zero-order chi connectivity index (χ0) is 13.4. The summed E-state index contributed by atoms with van der Waals surface area (Å²) >= 11 is 1.79. The van der Waals surface area contributed by atoms with Crippen molar-refractivity contribution in [2.45, 2.75) is 27.3 Å². The van der Waals surface area contributed by atoms with Gasteiger partial charge in [0.2, 0.25) is 0 Å². The van der Waals surface area contributed by atoms with Crippen LogP contribution in [0.3, 0.4) is 0 Å². The summed E-state index contributed by atoms with van der Waals surface area (Å²) in [6, 6.07) is 8.27. The lowest BCUT2D eigenvalue weighted by atomic mass is 10.2. The molecule has 0 aliphatic carbocycles. The number of thiophene rings is 1. The van der Waals surface area contributed by atoms with Crippen LogP contribution in [0.2, 0.25) is 0 Å². The van der Waals surface area contributed by atoms with E-state index in [-0.39, 0.29) is 0 Å². The molecule has 3 aromatic rings. The van der Waals surface area contributed by atoms with Crippen LogP contribution < -0.4 is 0 Å². The van der Waals surface area contributed by atoms with Gasteiger partial charge in [-0.15, -0.1) is 11.3 Å². The topological polar surface area (TPSA) is 30.7 Å². The summed E-state index contributed by atoms with van der Waals surface area (Å²) in [6.45, 7) is 7.51. The van der Waals surface area contributed by atoms with E-state index in [2.05, 4.69) is 42.5 Å². The normalized spacial score (nSPS) is 11.6. The first-order valence-electron chi connectivity index (χ1n) is 6.53. The highest BCUT2D eigenvalue weighted by molar-refractivity contribution is 7.15. The quantitative estimate of drug-likeness (QED) is 0.717. The number of pyridine rings is 1. The lowest BCUT2D eigenvalue weighted by Gasteiger charge is -2.09. The van der Waals surface area contributed by atoms with Crippen molar-refractivity contribution in [3.05, 3.63) is 35.3 Å². The molecular weight excluding hydrogens is 254 g/mol. The number of hydrogen-bond acceptors (Lipinski definition) is 3. The predicted molar refractivity (Wildman–Crippen MR) is 80.4 cm³/mol. The van der Waals surface area contributed by atoms with Gasteiger partial charge in [0.25, 0.3) is 0 Å². The first-order chi connectivity index (χ1) is 9.15. The van der Waals surface area contributed by atoms with Gasteiger partial charge in [-0.3, -0.25) is 0 Å². The SMILES string of the molecule is Cc1ccc(-c2nc3cccnc3n2CC(C)C)s1. The molecule has 0 aromatic carbocycles. The minimum absolute atomic E-state index is 0.569. The van der Waals surface area contributed by atoms with Gasteiger partial charge in [0.15, 0.2) is 11.5 Å². The highest BCUT2D eigenvalue weighted by Gasteiger charge is 2.15. The van der Waals surface area contributed by atoms with Crippen LogP contribution in [0.25, 0.3) is 21.9 Å². The Hall–Kier alpha value is -1.68. The van der Waals surface area contributed by atoms with Crippen molar-refractivity contribution in [1.82, 2.24) is 14.5 Å². The smallest absolute Gasteiger partial charge is 0.160 e. The molecule has 19 heavy (non-hydrogen) atoms. The predicted octanol–water partition coefficient (Wildman–Crippen LogP) is 4.12. The van der Waals surface area contributed by atoms with Crippen LogP contribution in [0.4, 0.5) is 0 Å². The third kappa shape index (κ3) is 2.28. The Morgan fingerprint density at radius 1 is 1.26 bits per heavy atom. The number of imidazole rings is 1.